The highest BCUT2D eigenvalue weighted by Gasteiger charge is 2.49. The molecular formula is C29H26FN7O. The van der Waals surface area contributed by atoms with Crippen LogP contribution in [-0.2, 0) is 6.54 Å². The molecule has 1 fully saturated rings. The number of anilines is 3. The molecule has 0 radical (unpaired) electrons. The molecule has 0 bridgehead atoms. The van der Waals surface area contributed by atoms with Gasteiger partial charge in [0.05, 0.1) is 27.0 Å². The van der Waals surface area contributed by atoms with Crippen LogP contribution in [0.4, 0.5) is 21.7 Å². The third-order valence-corrected chi connectivity index (χ3v) is 7.16. The van der Waals surface area contributed by atoms with Crippen molar-refractivity contribution in [1.29, 1.82) is 0 Å². The second kappa shape index (κ2) is 8.79. The summed E-state index contributed by atoms with van der Waals surface area (Å²) in [6, 6.07) is 19.1. The van der Waals surface area contributed by atoms with Gasteiger partial charge in [0, 0.05) is 18.3 Å². The summed E-state index contributed by atoms with van der Waals surface area (Å²) >= 11 is 0. The lowest BCUT2D eigenvalue weighted by molar-refractivity contribution is 0.0866. The highest BCUT2D eigenvalue weighted by Crippen LogP contribution is 2.43. The highest BCUT2D eigenvalue weighted by atomic mass is 19.1. The molecule has 1 amide bonds. The van der Waals surface area contributed by atoms with Crippen molar-refractivity contribution in [1.82, 2.24) is 19.7 Å². The summed E-state index contributed by atoms with van der Waals surface area (Å²) in [5, 5.41) is 8.27. The van der Waals surface area contributed by atoms with Crippen LogP contribution in [0, 0.1) is 5.95 Å². The average molecular weight is 510 g/mol. The number of rotatable bonds is 5. The minimum Gasteiger partial charge on any atom is -0.340 e. The predicted molar refractivity (Wildman–Crippen MR) is 144 cm³/mol. The highest BCUT2D eigenvalue weighted by molar-refractivity contribution is 6.21. The van der Waals surface area contributed by atoms with Crippen molar-refractivity contribution in [3.05, 3.63) is 89.9 Å². The van der Waals surface area contributed by atoms with Gasteiger partial charge in [0.25, 0.3) is 5.91 Å². The van der Waals surface area contributed by atoms with E-state index in [0.717, 1.165) is 16.8 Å². The van der Waals surface area contributed by atoms with Crippen molar-refractivity contribution in [3.8, 4) is 11.3 Å². The number of aliphatic imine (C=N–C) groups is 1. The van der Waals surface area contributed by atoms with Gasteiger partial charge in [0.2, 0.25) is 11.9 Å². The number of carbonyl (C=O) groups is 1. The van der Waals surface area contributed by atoms with Crippen molar-refractivity contribution in [3.63, 3.8) is 0 Å². The molecule has 2 aliphatic heterocycles. The summed E-state index contributed by atoms with van der Waals surface area (Å²) < 4.78 is 33.7. The van der Waals surface area contributed by atoms with E-state index in [1.807, 2.05) is 54.6 Å². The van der Waals surface area contributed by atoms with Crippen LogP contribution in [0.25, 0.3) is 11.3 Å². The van der Waals surface area contributed by atoms with E-state index < -0.39 is 18.0 Å². The molecule has 7 rings (SSSR count). The Morgan fingerprint density at radius 3 is 2.66 bits per heavy atom. The molecule has 3 aliphatic rings. The van der Waals surface area contributed by atoms with Crippen LogP contribution in [0.3, 0.4) is 0 Å². The fourth-order valence-corrected chi connectivity index (χ4v) is 5.30. The minimum absolute atomic E-state index is 0.296. The van der Waals surface area contributed by atoms with E-state index in [2.05, 4.69) is 15.3 Å². The predicted octanol–water partition coefficient (Wildman–Crippen LogP) is 5.06. The zero-order chi connectivity index (χ0) is 27.6. The number of pyridine rings is 1. The molecule has 190 valence electrons. The van der Waals surface area contributed by atoms with Gasteiger partial charge < -0.3 is 5.32 Å². The van der Waals surface area contributed by atoms with Gasteiger partial charge in [-0.3, -0.25) is 14.6 Å². The van der Waals surface area contributed by atoms with E-state index in [9.17, 15) is 10.6 Å². The van der Waals surface area contributed by atoms with Gasteiger partial charge in [-0.2, -0.15) is 9.49 Å². The van der Waals surface area contributed by atoms with Gasteiger partial charge in [-0.05, 0) is 49.1 Å². The number of halogens is 1. The molecular weight excluding hydrogens is 481 g/mol. The Hall–Kier alpha value is -4.53. The fraction of sp³-hybridized carbons (Fsp3) is 0.241. The molecule has 8 nitrogen and oxygen atoms in total. The van der Waals surface area contributed by atoms with Gasteiger partial charge in [0.15, 0.2) is 5.82 Å². The van der Waals surface area contributed by atoms with Crippen LogP contribution in [-0.4, -0.2) is 50.6 Å². The SMILES string of the molecule is [2H]C12CCCC1([2H])N1C(=N2)N(C)C(=O)c2c1nn(Cc1ccc(-c3cccc(F)n3)cc1)c2Nc1ccccc1. The number of benzene rings is 2. The van der Waals surface area contributed by atoms with Crippen molar-refractivity contribution < 1.29 is 11.9 Å². The Balaban J connectivity index is 1.32. The number of para-hydroxylation sites is 1. The molecule has 9 heteroatoms. The molecule has 1 saturated carbocycles. The molecule has 2 unspecified atom stereocenters. The molecule has 4 heterocycles. The molecule has 38 heavy (non-hydrogen) atoms. The third kappa shape index (κ3) is 3.65. The van der Waals surface area contributed by atoms with Gasteiger partial charge in [-0.25, -0.2) is 14.7 Å². The summed E-state index contributed by atoms with van der Waals surface area (Å²) in [7, 11) is 1.63. The van der Waals surface area contributed by atoms with Gasteiger partial charge >= 0.3 is 0 Å². The zero-order valence-electron chi connectivity index (χ0n) is 22.7. The van der Waals surface area contributed by atoms with E-state index in [1.165, 1.54) is 11.0 Å². The quantitative estimate of drug-likeness (QED) is 0.381. The number of aromatic nitrogens is 3. The maximum atomic E-state index is 13.8. The number of fused-ring (bicyclic) bond motifs is 5. The van der Waals surface area contributed by atoms with Crippen LogP contribution < -0.4 is 10.2 Å². The number of nitrogens with zero attached hydrogens (tertiary/aromatic N) is 6. The van der Waals surface area contributed by atoms with Crippen molar-refractivity contribution in [2.75, 3.05) is 17.3 Å². The Morgan fingerprint density at radius 1 is 1.05 bits per heavy atom. The first-order valence-corrected chi connectivity index (χ1v) is 12.6. The molecule has 2 atom stereocenters. The summed E-state index contributed by atoms with van der Waals surface area (Å²) in [5.41, 5.74) is 3.35. The number of guanidine groups is 1. The maximum Gasteiger partial charge on any atom is 0.267 e. The van der Waals surface area contributed by atoms with Crippen LogP contribution >= 0.6 is 0 Å². The van der Waals surface area contributed by atoms with E-state index in [4.69, 9.17) is 6.47 Å². The minimum atomic E-state index is -1.37. The Morgan fingerprint density at radius 2 is 1.87 bits per heavy atom. The van der Waals surface area contributed by atoms with Gasteiger partial charge in [0.1, 0.15) is 11.4 Å². The first-order chi connectivity index (χ1) is 19.3. The summed E-state index contributed by atoms with van der Waals surface area (Å²) in [4.78, 5) is 25.4. The standard InChI is InChI=1S/C29H26FN7O/c1-35-28(38)25-26(31-20-7-3-2-4-8-20)36(34-27(25)37-23-11-5-10-22(23)33-29(35)37)17-18-13-15-19(16-14-18)21-9-6-12-24(30)32-21/h2-4,6-9,12-16,22-23,31H,5,10-11,17H2,1H3/i22D,23D. The zero-order valence-corrected chi connectivity index (χ0v) is 20.7. The number of nitrogens with one attached hydrogen (secondary N) is 1. The second-order valence-corrected chi connectivity index (χ2v) is 9.60. The number of carbonyl (C=O) groups excluding carboxylic acids is 1. The Kier molecular flexibility index (Phi) is 4.75. The molecule has 0 spiro atoms. The van der Waals surface area contributed by atoms with Crippen molar-refractivity contribution >= 4 is 29.2 Å². The van der Waals surface area contributed by atoms with Gasteiger partial charge in [-0.15, -0.1) is 0 Å². The molecule has 0 saturated heterocycles. The van der Waals surface area contributed by atoms with Crippen LogP contribution in [0.15, 0.2) is 77.8 Å². The lowest BCUT2D eigenvalue weighted by Crippen LogP contribution is -2.51. The topological polar surface area (TPSA) is 78.7 Å². The van der Waals surface area contributed by atoms with E-state index >= 15 is 0 Å². The smallest absolute Gasteiger partial charge is 0.267 e. The Bertz CT molecular complexity index is 1680. The number of hydrogen-bond donors (Lipinski definition) is 1. The lowest BCUT2D eigenvalue weighted by atomic mass is 10.1. The van der Waals surface area contributed by atoms with Gasteiger partial charge in [-0.1, -0.05) is 48.5 Å². The van der Waals surface area contributed by atoms with Crippen LogP contribution in [0.1, 0.15) is 37.9 Å². The molecule has 4 aromatic rings. The number of amides is 1. The second-order valence-electron chi connectivity index (χ2n) is 9.60. The fourth-order valence-electron chi connectivity index (χ4n) is 5.30. The summed E-state index contributed by atoms with van der Waals surface area (Å²) in [6.07, 6.45) is 1.61. The van der Waals surface area contributed by atoms with E-state index in [0.29, 0.717) is 54.7 Å². The average Bonchev–Trinajstić information content (AvgIpc) is 3.52. The lowest BCUT2D eigenvalue weighted by Gasteiger charge is -2.34. The monoisotopic (exact) mass is 509 g/mol. The molecule has 2 aromatic heterocycles. The third-order valence-electron chi connectivity index (χ3n) is 7.16. The Labute approximate surface area is 222 Å². The van der Waals surface area contributed by atoms with E-state index in [1.54, 1.807) is 28.8 Å². The summed E-state index contributed by atoms with van der Waals surface area (Å²) in [6.45, 7) is 0.327. The van der Waals surface area contributed by atoms with E-state index in [-0.39, 0.29) is 5.91 Å². The van der Waals surface area contributed by atoms with Crippen molar-refractivity contribution in [2.24, 2.45) is 4.99 Å². The maximum absolute atomic E-state index is 13.8. The summed E-state index contributed by atoms with van der Waals surface area (Å²) in [5.74, 6) is 0.300. The normalized spacial score (nSPS) is 24.4. The number of hydrogen-bond acceptors (Lipinski definition) is 6. The first-order valence-electron chi connectivity index (χ1n) is 13.6. The largest absolute Gasteiger partial charge is 0.340 e. The molecule has 1 aliphatic carbocycles. The van der Waals surface area contributed by atoms with Crippen LogP contribution in [0.2, 0.25) is 0 Å². The first kappa shape index (κ1) is 20.5. The molecule has 1 N–H and O–H groups in total. The molecule has 2 aromatic carbocycles. The van der Waals surface area contributed by atoms with Crippen molar-refractivity contribution in [2.45, 2.75) is 37.8 Å². The van der Waals surface area contributed by atoms with Crippen LogP contribution in [0.5, 0.6) is 0 Å².